The van der Waals surface area contributed by atoms with Gasteiger partial charge < -0.3 is 4.42 Å². The molecule has 23 heavy (non-hydrogen) atoms. The lowest BCUT2D eigenvalue weighted by Crippen LogP contribution is -2.52. The molecule has 2 aliphatic heterocycles. The summed E-state index contributed by atoms with van der Waals surface area (Å²) in [7, 11) is 0. The highest BCUT2D eigenvalue weighted by Crippen LogP contribution is 2.46. The Labute approximate surface area is 131 Å². The third kappa shape index (κ3) is 2.49. The minimum absolute atomic E-state index is 0.226. The molecule has 1 fully saturated rings. The van der Waals surface area contributed by atoms with Crippen LogP contribution in [0.2, 0.25) is 0 Å². The molecule has 0 spiro atoms. The molecule has 1 saturated carbocycles. The van der Waals surface area contributed by atoms with Crippen molar-refractivity contribution in [3.8, 4) is 0 Å². The molecule has 0 radical (unpaired) electrons. The van der Waals surface area contributed by atoms with Crippen molar-refractivity contribution in [2.45, 2.75) is 32.0 Å². The number of aliphatic imine (C=N–C) groups is 1. The molecule has 122 valence electrons. The Morgan fingerprint density at radius 2 is 2.13 bits per heavy atom. The molecule has 7 heteroatoms. The van der Waals surface area contributed by atoms with Crippen LogP contribution in [0.5, 0.6) is 0 Å². The summed E-state index contributed by atoms with van der Waals surface area (Å²) in [6, 6.07) is 0.346. The fourth-order valence-electron chi connectivity index (χ4n) is 3.25. The summed E-state index contributed by atoms with van der Waals surface area (Å²) in [6.07, 6.45) is 3.70. The Balaban J connectivity index is 1.65. The number of fused-ring (bicyclic) bond motifs is 1. The van der Waals surface area contributed by atoms with Gasteiger partial charge in [-0.15, -0.1) is 0 Å². The molecule has 1 aliphatic carbocycles. The van der Waals surface area contributed by atoms with Crippen LogP contribution in [0.15, 0.2) is 51.7 Å². The predicted octanol–water partition coefficient (Wildman–Crippen LogP) is 3.70. The second-order valence-electron chi connectivity index (χ2n) is 6.11. The maximum absolute atomic E-state index is 13.5. The Morgan fingerprint density at radius 3 is 2.74 bits per heavy atom. The van der Waals surface area contributed by atoms with Crippen LogP contribution in [0.25, 0.3) is 0 Å². The third-order valence-corrected chi connectivity index (χ3v) is 4.39. The number of nitrogens with zero attached hydrogens (tertiary/aromatic N) is 3. The maximum Gasteiger partial charge on any atom is 0.406 e. The zero-order valence-corrected chi connectivity index (χ0v) is 12.5. The average molecular weight is 323 g/mol. The van der Waals surface area contributed by atoms with Gasteiger partial charge in [-0.05, 0) is 43.9 Å². The molecule has 1 aromatic heterocycles. The zero-order chi connectivity index (χ0) is 16.2. The van der Waals surface area contributed by atoms with Crippen LogP contribution < -0.4 is 0 Å². The summed E-state index contributed by atoms with van der Waals surface area (Å²) in [5.41, 5.74) is 2.25. The van der Waals surface area contributed by atoms with E-state index in [-0.39, 0.29) is 12.5 Å². The van der Waals surface area contributed by atoms with Gasteiger partial charge in [-0.1, -0.05) is 0 Å². The monoisotopic (exact) mass is 323 g/mol. The molecular weight excluding hydrogens is 307 g/mol. The number of hydrogen-bond acceptors (Lipinski definition) is 4. The standard InChI is InChI=1S/C16H16F3N3O/c1-10-8-13(12-5-7-23-9-12)20-14-4-6-21(22(10)14)15(11-2-3-11)16(17,18)19/h4-5,7-9,11,15H,2-3,6H2,1H3. The first-order chi connectivity index (χ1) is 10.9. The van der Waals surface area contributed by atoms with E-state index in [4.69, 9.17) is 4.42 Å². The van der Waals surface area contributed by atoms with E-state index in [1.807, 2.05) is 0 Å². The topological polar surface area (TPSA) is 32.0 Å². The van der Waals surface area contributed by atoms with Gasteiger partial charge in [0.05, 0.1) is 18.2 Å². The molecule has 0 bridgehead atoms. The van der Waals surface area contributed by atoms with Crippen molar-refractivity contribution in [2.24, 2.45) is 10.9 Å². The average Bonchev–Trinajstić information content (AvgIpc) is 2.99. The lowest BCUT2D eigenvalue weighted by Gasteiger charge is -2.39. The van der Waals surface area contributed by atoms with Gasteiger partial charge in [0.25, 0.3) is 0 Å². The van der Waals surface area contributed by atoms with Crippen molar-refractivity contribution in [3.05, 3.63) is 47.8 Å². The Morgan fingerprint density at radius 1 is 1.35 bits per heavy atom. The lowest BCUT2D eigenvalue weighted by molar-refractivity contribution is -0.212. The van der Waals surface area contributed by atoms with Crippen LogP contribution in [0.4, 0.5) is 13.2 Å². The van der Waals surface area contributed by atoms with E-state index in [0.29, 0.717) is 24.4 Å². The van der Waals surface area contributed by atoms with E-state index in [1.54, 1.807) is 42.7 Å². The highest BCUT2D eigenvalue weighted by Gasteiger charge is 2.54. The van der Waals surface area contributed by atoms with E-state index in [2.05, 4.69) is 4.99 Å². The van der Waals surface area contributed by atoms with Crippen LogP contribution in [-0.2, 0) is 0 Å². The zero-order valence-electron chi connectivity index (χ0n) is 12.5. The Bertz CT molecular complexity index is 699. The van der Waals surface area contributed by atoms with Gasteiger partial charge in [0, 0.05) is 17.8 Å². The fraction of sp³-hybridized carbons (Fsp3) is 0.438. The first kappa shape index (κ1) is 14.6. The quantitative estimate of drug-likeness (QED) is 0.850. The normalized spacial score (nSPS) is 23.3. The van der Waals surface area contributed by atoms with Crippen molar-refractivity contribution in [3.63, 3.8) is 0 Å². The summed E-state index contributed by atoms with van der Waals surface area (Å²) in [4.78, 5) is 4.49. The van der Waals surface area contributed by atoms with Crippen LogP contribution in [-0.4, -0.2) is 34.5 Å². The molecule has 0 amide bonds. The number of allylic oxidation sites excluding steroid dienone is 2. The van der Waals surface area contributed by atoms with Gasteiger partial charge in [-0.2, -0.15) is 18.2 Å². The highest BCUT2D eigenvalue weighted by molar-refractivity contribution is 6.09. The minimum Gasteiger partial charge on any atom is -0.472 e. The molecule has 0 aromatic carbocycles. The van der Waals surface area contributed by atoms with Gasteiger partial charge in [-0.3, -0.25) is 5.01 Å². The SMILES string of the molecule is CC1=CC(c2ccoc2)=NC2=CCN(C(C3CC3)C(F)(F)F)N12. The first-order valence-corrected chi connectivity index (χ1v) is 7.58. The summed E-state index contributed by atoms with van der Waals surface area (Å²) < 4.78 is 45.5. The third-order valence-electron chi connectivity index (χ3n) is 4.39. The number of alkyl halides is 3. The van der Waals surface area contributed by atoms with E-state index in [9.17, 15) is 13.2 Å². The highest BCUT2D eigenvalue weighted by atomic mass is 19.4. The van der Waals surface area contributed by atoms with Gasteiger partial charge in [0.1, 0.15) is 11.9 Å². The molecule has 1 atom stereocenters. The van der Waals surface area contributed by atoms with Crippen LogP contribution in [0.3, 0.4) is 0 Å². The number of hydrogen-bond donors (Lipinski definition) is 0. The van der Waals surface area contributed by atoms with E-state index < -0.39 is 12.2 Å². The molecule has 3 heterocycles. The lowest BCUT2D eigenvalue weighted by atomic mass is 10.1. The number of furan rings is 1. The molecule has 1 aromatic rings. The van der Waals surface area contributed by atoms with Crippen LogP contribution in [0.1, 0.15) is 25.3 Å². The largest absolute Gasteiger partial charge is 0.472 e. The molecule has 4 nitrogen and oxygen atoms in total. The first-order valence-electron chi connectivity index (χ1n) is 7.58. The van der Waals surface area contributed by atoms with Gasteiger partial charge in [0.2, 0.25) is 0 Å². The number of halogens is 3. The second-order valence-corrected chi connectivity index (χ2v) is 6.11. The molecule has 0 N–H and O–H groups in total. The molecular formula is C16H16F3N3O. The van der Waals surface area contributed by atoms with Crippen molar-refractivity contribution >= 4 is 5.71 Å². The van der Waals surface area contributed by atoms with E-state index in [0.717, 1.165) is 11.3 Å². The molecule has 0 saturated heterocycles. The summed E-state index contributed by atoms with van der Waals surface area (Å²) in [5, 5.41) is 2.99. The smallest absolute Gasteiger partial charge is 0.406 e. The summed E-state index contributed by atoms with van der Waals surface area (Å²) >= 11 is 0. The second kappa shape index (κ2) is 4.99. The van der Waals surface area contributed by atoms with Crippen molar-refractivity contribution < 1.29 is 17.6 Å². The predicted molar refractivity (Wildman–Crippen MR) is 78.2 cm³/mol. The molecule has 1 unspecified atom stereocenters. The summed E-state index contributed by atoms with van der Waals surface area (Å²) in [5.74, 6) is 0.242. The van der Waals surface area contributed by atoms with Crippen molar-refractivity contribution in [1.29, 1.82) is 0 Å². The van der Waals surface area contributed by atoms with Crippen LogP contribution >= 0.6 is 0 Å². The van der Waals surface area contributed by atoms with Gasteiger partial charge in [0.15, 0.2) is 0 Å². The number of rotatable bonds is 3. The van der Waals surface area contributed by atoms with Crippen molar-refractivity contribution in [1.82, 2.24) is 10.0 Å². The van der Waals surface area contributed by atoms with Crippen LogP contribution in [0, 0.1) is 5.92 Å². The van der Waals surface area contributed by atoms with E-state index >= 15 is 0 Å². The number of hydrazine groups is 1. The van der Waals surface area contributed by atoms with Crippen molar-refractivity contribution in [2.75, 3.05) is 6.54 Å². The van der Waals surface area contributed by atoms with E-state index in [1.165, 1.54) is 5.01 Å². The Hall–Kier alpha value is -2.02. The molecule has 3 aliphatic rings. The van der Waals surface area contributed by atoms with Gasteiger partial charge >= 0.3 is 6.18 Å². The fourth-order valence-corrected chi connectivity index (χ4v) is 3.25. The molecule has 4 rings (SSSR count). The Kier molecular flexibility index (Phi) is 3.16. The maximum atomic E-state index is 13.5. The minimum atomic E-state index is -4.24. The summed E-state index contributed by atoms with van der Waals surface area (Å²) in [6.45, 7) is 2.03. The van der Waals surface area contributed by atoms with Gasteiger partial charge in [-0.25, -0.2) is 4.99 Å².